The number of nitrogens with zero attached hydrogens (tertiary/aromatic N) is 4. The van der Waals surface area contributed by atoms with Crippen molar-refractivity contribution in [1.82, 2.24) is 19.1 Å². The van der Waals surface area contributed by atoms with Crippen molar-refractivity contribution in [2.24, 2.45) is 7.05 Å². The second-order valence-corrected chi connectivity index (χ2v) is 4.20. The Labute approximate surface area is 104 Å². The van der Waals surface area contributed by atoms with Crippen LogP contribution in [0.5, 0.6) is 0 Å². The molecule has 0 aromatic carbocycles. The van der Waals surface area contributed by atoms with E-state index in [0.29, 0.717) is 22.9 Å². The Bertz CT molecular complexity index is 545. The molecule has 0 spiro atoms. The third-order valence-electron chi connectivity index (χ3n) is 2.17. The number of rotatable bonds is 3. The van der Waals surface area contributed by atoms with Crippen LogP contribution in [-0.2, 0) is 19.8 Å². The molecule has 98 valence electrons. The van der Waals surface area contributed by atoms with Gasteiger partial charge in [-0.25, -0.2) is 0 Å². The SMILES string of the molecule is Cn1ncc(CNc2nc(C(F)(F)F)ns2)c1N. The molecule has 10 heteroatoms. The predicted octanol–water partition coefficient (Wildman–Crippen LogP) is 1.48. The fraction of sp³-hybridized carbons (Fsp3) is 0.375. The van der Waals surface area contributed by atoms with Gasteiger partial charge < -0.3 is 11.1 Å². The summed E-state index contributed by atoms with van der Waals surface area (Å²) in [6.07, 6.45) is -2.99. The lowest BCUT2D eigenvalue weighted by Crippen LogP contribution is -2.08. The van der Waals surface area contributed by atoms with Crippen molar-refractivity contribution in [3.63, 3.8) is 0 Å². The molecule has 0 unspecified atom stereocenters. The molecule has 2 aromatic heterocycles. The highest BCUT2D eigenvalue weighted by Crippen LogP contribution is 2.29. The van der Waals surface area contributed by atoms with Crippen LogP contribution in [0.1, 0.15) is 11.4 Å². The molecule has 3 N–H and O–H groups in total. The van der Waals surface area contributed by atoms with Gasteiger partial charge in [0.15, 0.2) is 0 Å². The Hall–Kier alpha value is -1.84. The van der Waals surface area contributed by atoms with E-state index in [1.165, 1.54) is 10.9 Å². The molecule has 0 radical (unpaired) electrons. The van der Waals surface area contributed by atoms with Crippen molar-refractivity contribution < 1.29 is 13.2 Å². The van der Waals surface area contributed by atoms with Crippen LogP contribution in [-0.4, -0.2) is 19.1 Å². The summed E-state index contributed by atoms with van der Waals surface area (Å²) in [5.74, 6) is -0.697. The van der Waals surface area contributed by atoms with Crippen molar-refractivity contribution in [2.75, 3.05) is 11.1 Å². The molecule has 2 heterocycles. The molecule has 0 bridgehead atoms. The number of anilines is 2. The van der Waals surface area contributed by atoms with E-state index in [-0.39, 0.29) is 11.7 Å². The number of aryl methyl sites for hydroxylation is 1. The van der Waals surface area contributed by atoms with Crippen LogP contribution in [0.25, 0.3) is 0 Å². The Morgan fingerprint density at radius 3 is 2.72 bits per heavy atom. The van der Waals surface area contributed by atoms with Crippen molar-refractivity contribution in [3.8, 4) is 0 Å². The highest BCUT2D eigenvalue weighted by molar-refractivity contribution is 7.09. The quantitative estimate of drug-likeness (QED) is 0.888. The smallest absolute Gasteiger partial charge is 0.384 e. The second kappa shape index (κ2) is 4.44. The van der Waals surface area contributed by atoms with Gasteiger partial charge in [-0.15, -0.1) is 0 Å². The first-order valence-corrected chi connectivity index (χ1v) is 5.56. The van der Waals surface area contributed by atoms with Crippen LogP contribution < -0.4 is 11.1 Å². The van der Waals surface area contributed by atoms with Crippen LogP contribution >= 0.6 is 11.5 Å². The van der Waals surface area contributed by atoms with Crippen molar-refractivity contribution >= 4 is 22.5 Å². The predicted molar refractivity (Wildman–Crippen MR) is 59.9 cm³/mol. The number of alkyl halides is 3. The summed E-state index contributed by atoms with van der Waals surface area (Å²) in [6, 6.07) is 0. The number of hydrogen-bond donors (Lipinski definition) is 2. The van der Waals surface area contributed by atoms with Gasteiger partial charge in [-0.05, 0) is 0 Å². The van der Waals surface area contributed by atoms with Gasteiger partial charge in [0.25, 0.3) is 0 Å². The van der Waals surface area contributed by atoms with E-state index < -0.39 is 12.0 Å². The minimum atomic E-state index is -4.52. The Morgan fingerprint density at radius 2 is 2.22 bits per heavy atom. The van der Waals surface area contributed by atoms with E-state index in [0.717, 1.165) is 0 Å². The maximum atomic E-state index is 12.3. The molecule has 0 aliphatic carbocycles. The fourth-order valence-electron chi connectivity index (χ4n) is 1.21. The van der Waals surface area contributed by atoms with Gasteiger partial charge in [-0.2, -0.15) is 27.6 Å². The lowest BCUT2D eigenvalue weighted by Gasteiger charge is -2.01. The molecule has 0 aliphatic heterocycles. The van der Waals surface area contributed by atoms with E-state index in [1.54, 1.807) is 7.05 Å². The maximum Gasteiger partial charge on any atom is 0.452 e. The van der Waals surface area contributed by atoms with E-state index in [9.17, 15) is 13.2 Å². The zero-order valence-corrected chi connectivity index (χ0v) is 10.0. The molecule has 0 saturated carbocycles. The van der Waals surface area contributed by atoms with E-state index in [1.807, 2.05) is 0 Å². The first-order chi connectivity index (χ1) is 8.38. The molecule has 0 fully saturated rings. The summed E-state index contributed by atoms with van der Waals surface area (Å²) >= 11 is 0.648. The number of nitrogens with one attached hydrogen (secondary N) is 1. The molecule has 0 amide bonds. The third-order valence-corrected chi connectivity index (χ3v) is 2.85. The summed E-state index contributed by atoms with van der Waals surface area (Å²) in [5, 5.41) is 6.72. The molecular formula is C8H9F3N6S. The van der Waals surface area contributed by atoms with Crippen LogP contribution in [0.4, 0.5) is 24.1 Å². The molecule has 2 rings (SSSR count). The second-order valence-electron chi connectivity index (χ2n) is 3.45. The van der Waals surface area contributed by atoms with Crippen molar-refractivity contribution in [3.05, 3.63) is 17.6 Å². The third kappa shape index (κ3) is 2.53. The van der Waals surface area contributed by atoms with Gasteiger partial charge in [0, 0.05) is 30.7 Å². The van der Waals surface area contributed by atoms with Crippen LogP contribution in [0.15, 0.2) is 6.20 Å². The van der Waals surface area contributed by atoms with Crippen LogP contribution in [0, 0.1) is 0 Å². The van der Waals surface area contributed by atoms with E-state index in [4.69, 9.17) is 5.73 Å². The minimum absolute atomic E-state index is 0.0885. The van der Waals surface area contributed by atoms with Gasteiger partial charge in [0.2, 0.25) is 11.0 Å². The Balaban J connectivity index is 2.03. The average Bonchev–Trinajstić information content (AvgIpc) is 2.86. The zero-order valence-electron chi connectivity index (χ0n) is 9.19. The largest absolute Gasteiger partial charge is 0.452 e. The van der Waals surface area contributed by atoms with Gasteiger partial charge >= 0.3 is 6.18 Å². The van der Waals surface area contributed by atoms with Crippen molar-refractivity contribution in [2.45, 2.75) is 12.7 Å². The lowest BCUT2D eigenvalue weighted by atomic mass is 10.3. The number of nitrogens with two attached hydrogens (primary N) is 1. The zero-order chi connectivity index (χ0) is 13.3. The molecule has 18 heavy (non-hydrogen) atoms. The normalized spacial score (nSPS) is 11.8. The monoisotopic (exact) mass is 278 g/mol. The highest BCUT2D eigenvalue weighted by Gasteiger charge is 2.36. The van der Waals surface area contributed by atoms with Crippen molar-refractivity contribution in [1.29, 1.82) is 0 Å². The Kier molecular flexibility index (Phi) is 3.11. The molecule has 6 nitrogen and oxygen atoms in total. The summed E-state index contributed by atoms with van der Waals surface area (Å²) in [6.45, 7) is 0.242. The summed E-state index contributed by atoms with van der Waals surface area (Å²) in [7, 11) is 1.67. The summed E-state index contributed by atoms with van der Waals surface area (Å²) in [5.41, 5.74) is 6.37. The Morgan fingerprint density at radius 1 is 1.50 bits per heavy atom. The van der Waals surface area contributed by atoms with Gasteiger partial charge in [0.05, 0.1) is 6.20 Å². The van der Waals surface area contributed by atoms with Gasteiger partial charge in [0.1, 0.15) is 5.82 Å². The minimum Gasteiger partial charge on any atom is -0.384 e. The average molecular weight is 278 g/mol. The lowest BCUT2D eigenvalue weighted by molar-refractivity contribution is -0.144. The molecular weight excluding hydrogens is 269 g/mol. The summed E-state index contributed by atoms with van der Waals surface area (Å²) < 4.78 is 41.4. The van der Waals surface area contributed by atoms with Crippen LogP contribution in [0.3, 0.4) is 0 Å². The number of hydrogen-bond acceptors (Lipinski definition) is 6. The first kappa shape index (κ1) is 12.6. The first-order valence-electron chi connectivity index (χ1n) is 4.79. The molecule has 0 aliphatic rings. The van der Waals surface area contributed by atoms with Crippen LogP contribution in [0.2, 0.25) is 0 Å². The molecule has 2 aromatic rings. The summed E-state index contributed by atoms with van der Waals surface area (Å²) in [4.78, 5) is 3.34. The number of aromatic nitrogens is 4. The van der Waals surface area contributed by atoms with Gasteiger partial charge in [-0.3, -0.25) is 4.68 Å². The number of nitrogen functional groups attached to an aromatic ring is 1. The van der Waals surface area contributed by atoms with E-state index in [2.05, 4.69) is 19.8 Å². The van der Waals surface area contributed by atoms with E-state index >= 15 is 0 Å². The molecule has 0 atom stereocenters. The number of halogens is 3. The maximum absolute atomic E-state index is 12.3. The highest BCUT2D eigenvalue weighted by atomic mass is 32.1. The standard InChI is InChI=1S/C8H9F3N6S/c1-17-5(12)4(3-14-17)2-13-7-15-6(16-18-7)8(9,10)11/h3H,2,12H2,1H3,(H,13,15,16). The molecule has 0 saturated heterocycles. The topological polar surface area (TPSA) is 81.7 Å². The fourth-order valence-corrected chi connectivity index (χ4v) is 1.79. The van der Waals surface area contributed by atoms with Gasteiger partial charge in [-0.1, -0.05) is 0 Å².